The van der Waals surface area contributed by atoms with Gasteiger partial charge in [0.15, 0.2) is 0 Å². The lowest BCUT2D eigenvalue weighted by atomic mass is 9.99. The van der Waals surface area contributed by atoms with Crippen LogP contribution in [0.3, 0.4) is 0 Å². The Morgan fingerprint density at radius 1 is 1.04 bits per heavy atom. The molecule has 0 aromatic carbocycles. The molecule has 0 radical (unpaired) electrons. The van der Waals surface area contributed by atoms with Crippen molar-refractivity contribution in [2.75, 3.05) is 31.1 Å². The fraction of sp³-hybridized carbons (Fsp3) is 0.810. The summed E-state index contributed by atoms with van der Waals surface area (Å²) in [6.07, 6.45) is 6.15. The number of anilines is 1. The van der Waals surface area contributed by atoms with Gasteiger partial charge in [-0.3, -0.25) is 4.79 Å². The second-order valence-corrected chi connectivity index (χ2v) is 8.72. The molecule has 27 heavy (non-hydrogen) atoms. The highest BCUT2D eigenvalue weighted by Crippen LogP contribution is 2.23. The molecular weight excluding hydrogens is 338 g/mol. The summed E-state index contributed by atoms with van der Waals surface area (Å²) >= 11 is 0. The van der Waals surface area contributed by atoms with E-state index in [1.54, 1.807) is 10.7 Å². The van der Waals surface area contributed by atoms with Gasteiger partial charge in [0.05, 0.1) is 6.04 Å². The van der Waals surface area contributed by atoms with Gasteiger partial charge in [0, 0.05) is 37.3 Å². The molecule has 3 rings (SSSR count). The number of hydrogen-bond acceptors (Lipinski definition) is 5. The van der Waals surface area contributed by atoms with Crippen LogP contribution in [0, 0.1) is 0 Å². The van der Waals surface area contributed by atoms with Gasteiger partial charge in [-0.15, -0.1) is 0 Å². The molecule has 0 amide bonds. The SMILES string of the molecule is CC(C)N1CCC(NCC2CCCCN2c2ccc(=O)n(C(C)C)n2)CC1. The number of nitrogens with one attached hydrogen (secondary N) is 1. The molecule has 6 heteroatoms. The maximum atomic E-state index is 12.0. The second-order valence-electron chi connectivity index (χ2n) is 8.72. The zero-order valence-corrected chi connectivity index (χ0v) is 17.5. The number of likely N-dealkylation sites (tertiary alicyclic amines) is 1. The summed E-state index contributed by atoms with van der Waals surface area (Å²) in [4.78, 5) is 17.0. The third kappa shape index (κ3) is 5.11. The van der Waals surface area contributed by atoms with Crippen LogP contribution in [-0.2, 0) is 0 Å². The molecule has 1 N–H and O–H groups in total. The van der Waals surface area contributed by atoms with Gasteiger partial charge in [-0.2, -0.15) is 5.10 Å². The van der Waals surface area contributed by atoms with Gasteiger partial charge in [0.25, 0.3) is 5.56 Å². The zero-order chi connectivity index (χ0) is 19.4. The van der Waals surface area contributed by atoms with Gasteiger partial charge >= 0.3 is 0 Å². The Labute approximate surface area is 163 Å². The molecule has 0 bridgehead atoms. The molecule has 152 valence electrons. The number of rotatable bonds is 6. The van der Waals surface area contributed by atoms with Crippen LogP contribution < -0.4 is 15.8 Å². The molecule has 1 unspecified atom stereocenters. The van der Waals surface area contributed by atoms with Crippen molar-refractivity contribution in [2.24, 2.45) is 0 Å². The van der Waals surface area contributed by atoms with Crippen molar-refractivity contribution < 1.29 is 0 Å². The van der Waals surface area contributed by atoms with E-state index < -0.39 is 0 Å². The molecular formula is C21H37N5O. The van der Waals surface area contributed by atoms with Crippen molar-refractivity contribution in [1.29, 1.82) is 0 Å². The summed E-state index contributed by atoms with van der Waals surface area (Å²) in [6.45, 7) is 13.0. The van der Waals surface area contributed by atoms with Crippen LogP contribution >= 0.6 is 0 Å². The predicted octanol–water partition coefficient (Wildman–Crippen LogP) is 2.65. The molecule has 6 nitrogen and oxygen atoms in total. The number of piperidine rings is 2. The highest BCUT2D eigenvalue weighted by molar-refractivity contribution is 5.39. The third-order valence-corrected chi connectivity index (χ3v) is 6.12. The first kappa shape index (κ1) is 20.3. The molecule has 2 aliphatic rings. The Morgan fingerprint density at radius 2 is 1.78 bits per heavy atom. The molecule has 1 aromatic heterocycles. The van der Waals surface area contributed by atoms with Gasteiger partial charge in [-0.05, 0) is 79.0 Å². The molecule has 0 saturated carbocycles. The van der Waals surface area contributed by atoms with E-state index in [-0.39, 0.29) is 11.6 Å². The largest absolute Gasteiger partial charge is 0.351 e. The van der Waals surface area contributed by atoms with Crippen LogP contribution in [0.25, 0.3) is 0 Å². The molecule has 0 spiro atoms. The van der Waals surface area contributed by atoms with Gasteiger partial charge in [0.1, 0.15) is 5.82 Å². The maximum absolute atomic E-state index is 12.0. The summed E-state index contributed by atoms with van der Waals surface area (Å²) in [5.41, 5.74) is -0.0163. The van der Waals surface area contributed by atoms with Crippen molar-refractivity contribution in [3.63, 3.8) is 0 Å². The third-order valence-electron chi connectivity index (χ3n) is 6.12. The summed E-state index contributed by atoms with van der Waals surface area (Å²) in [5, 5.41) is 8.50. The van der Waals surface area contributed by atoms with E-state index in [9.17, 15) is 4.79 Å². The minimum Gasteiger partial charge on any atom is -0.351 e. The van der Waals surface area contributed by atoms with E-state index in [1.807, 2.05) is 19.9 Å². The quantitative estimate of drug-likeness (QED) is 0.828. The predicted molar refractivity (Wildman–Crippen MR) is 112 cm³/mol. The van der Waals surface area contributed by atoms with Gasteiger partial charge in [-0.1, -0.05) is 0 Å². The Morgan fingerprint density at radius 3 is 2.44 bits per heavy atom. The molecule has 1 atom stereocenters. The Kier molecular flexibility index (Phi) is 6.93. The Bertz CT molecular complexity index is 648. The average molecular weight is 376 g/mol. The second kappa shape index (κ2) is 9.20. The van der Waals surface area contributed by atoms with Crippen LogP contribution in [0.5, 0.6) is 0 Å². The Balaban J connectivity index is 1.61. The highest BCUT2D eigenvalue weighted by Gasteiger charge is 2.26. The van der Waals surface area contributed by atoms with Crippen LogP contribution in [0.2, 0.25) is 0 Å². The van der Waals surface area contributed by atoms with Gasteiger partial charge in [0.2, 0.25) is 0 Å². The standard InChI is InChI=1S/C21H37N5O/c1-16(2)24-13-10-18(11-14-24)22-15-19-7-5-6-12-25(19)20-8-9-21(27)26(23-20)17(3)4/h8-9,16-19,22H,5-7,10-15H2,1-4H3. The molecule has 2 aliphatic heterocycles. The van der Waals surface area contributed by atoms with Crippen molar-refractivity contribution in [3.8, 4) is 0 Å². The van der Waals surface area contributed by atoms with E-state index in [1.165, 1.54) is 45.2 Å². The molecule has 3 heterocycles. The molecule has 2 saturated heterocycles. The summed E-state index contributed by atoms with van der Waals surface area (Å²) in [6, 6.07) is 5.41. The van der Waals surface area contributed by atoms with Gasteiger partial charge in [-0.25, -0.2) is 4.68 Å². The lowest BCUT2D eigenvalue weighted by molar-refractivity contribution is 0.160. The van der Waals surface area contributed by atoms with Crippen molar-refractivity contribution in [3.05, 3.63) is 22.5 Å². The number of nitrogens with zero attached hydrogens (tertiary/aromatic N) is 4. The normalized spacial score (nSPS) is 22.7. The van der Waals surface area contributed by atoms with E-state index in [2.05, 4.69) is 34.1 Å². The lowest BCUT2D eigenvalue weighted by Gasteiger charge is -2.39. The molecule has 2 fully saturated rings. The molecule has 0 aliphatic carbocycles. The van der Waals surface area contributed by atoms with E-state index in [0.29, 0.717) is 18.1 Å². The van der Waals surface area contributed by atoms with Crippen LogP contribution in [0.1, 0.15) is 65.8 Å². The first-order valence-electron chi connectivity index (χ1n) is 10.8. The number of hydrogen-bond donors (Lipinski definition) is 1. The Hall–Kier alpha value is -1.40. The van der Waals surface area contributed by atoms with E-state index in [0.717, 1.165) is 18.9 Å². The smallest absolute Gasteiger partial charge is 0.267 e. The minimum atomic E-state index is -0.0163. The fourth-order valence-electron chi connectivity index (χ4n) is 4.38. The van der Waals surface area contributed by atoms with E-state index >= 15 is 0 Å². The highest BCUT2D eigenvalue weighted by atomic mass is 16.1. The number of aromatic nitrogens is 2. The van der Waals surface area contributed by atoms with Crippen LogP contribution in [-0.4, -0.2) is 59.0 Å². The first-order chi connectivity index (χ1) is 13.0. The maximum Gasteiger partial charge on any atom is 0.267 e. The van der Waals surface area contributed by atoms with E-state index in [4.69, 9.17) is 0 Å². The zero-order valence-electron chi connectivity index (χ0n) is 17.5. The monoisotopic (exact) mass is 375 g/mol. The molecule has 1 aromatic rings. The van der Waals surface area contributed by atoms with Crippen molar-refractivity contribution >= 4 is 5.82 Å². The first-order valence-corrected chi connectivity index (χ1v) is 10.8. The fourth-order valence-corrected chi connectivity index (χ4v) is 4.38. The van der Waals surface area contributed by atoms with Crippen LogP contribution in [0.15, 0.2) is 16.9 Å². The summed E-state index contributed by atoms with van der Waals surface area (Å²) in [5.74, 6) is 0.949. The van der Waals surface area contributed by atoms with Crippen molar-refractivity contribution in [2.45, 2.75) is 84.0 Å². The van der Waals surface area contributed by atoms with Gasteiger partial charge < -0.3 is 15.1 Å². The minimum absolute atomic E-state index is 0.0163. The lowest BCUT2D eigenvalue weighted by Crippen LogP contribution is -2.51. The topological polar surface area (TPSA) is 53.4 Å². The average Bonchev–Trinajstić information content (AvgIpc) is 2.67. The summed E-state index contributed by atoms with van der Waals surface area (Å²) in [7, 11) is 0. The van der Waals surface area contributed by atoms with Crippen molar-refractivity contribution in [1.82, 2.24) is 20.0 Å². The summed E-state index contributed by atoms with van der Waals surface area (Å²) < 4.78 is 1.61. The van der Waals surface area contributed by atoms with Crippen LogP contribution in [0.4, 0.5) is 5.82 Å².